The zero-order valence-electron chi connectivity index (χ0n) is 29.7. The standard InChI is InChI=1S/C37H40F3N7OS.C2H6/c1-24-9-10-25(36(49)42-27-13-11-26(38)12-14-27)21-29(24)33-30(22-41-2)35(47(23-48)34-31(39)7-6-8-32(34)40)44-37(43-33)46-19-15-28(16-20-46)45-17-4-3-5-18-45;1-2/h6-14,21,23,28,41H,3-5,15-20,22H2,1-2H3,(H,42,49);1-2H3. The Morgan fingerprint density at radius 2 is 1.61 bits per heavy atom. The minimum absolute atomic E-state index is 0.0864. The molecule has 3 heterocycles. The molecule has 2 aliphatic rings. The molecule has 2 aliphatic heterocycles. The molecule has 2 fully saturated rings. The largest absolute Gasteiger partial charge is 0.346 e. The molecule has 1 aromatic heterocycles. The summed E-state index contributed by atoms with van der Waals surface area (Å²) in [5.74, 6) is -1.66. The molecule has 0 aliphatic carbocycles. The summed E-state index contributed by atoms with van der Waals surface area (Å²) in [5, 5.41) is 6.29. The number of hydrogen-bond donors (Lipinski definition) is 2. The van der Waals surface area contributed by atoms with Gasteiger partial charge in [0.05, 0.1) is 5.69 Å². The van der Waals surface area contributed by atoms with E-state index in [1.165, 1.54) is 37.5 Å². The molecule has 12 heteroatoms. The highest BCUT2D eigenvalue weighted by Gasteiger charge is 2.30. The fourth-order valence-electron chi connectivity index (χ4n) is 6.76. The van der Waals surface area contributed by atoms with Gasteiger partial charge in [-0.25, -0.2) is 18.2 Å². The predicted molar refractivity (Wildman–Crippen MR) is 203 cm³/mol. The molecule has 1 amide bonds. The van der Waals surface area contributed by atoms with Gasteiger partial charge in [0.1, 0.15) is 28.1 Å². The van der Waals surface area contributed by atoms with Gasteiger partial charge in [-0.15, -0.1) is 0 Å². The lowest BCUT2D eigenvalue weighted by Crippen LogP contribution is -2.47. The number of hydrogen-bond acceptors (Lipinski definition) is 7. The average Bonchev–Trinajstić information content (AvgIpc) is 3.16. The molecule has 3 aromatic carbocycles. The molecule has 0 atom stereocenters. The van der Waals surface area contributed by atoms with Crippen molar-refractivity contribution in [3.8, 4) is 11.3 Å². The van der Waals surface area contributed by atoms with Crippen molar-refractivity contribution in [2.24, 2.45) is 0 Å². The Hall–Kier alpha value is -4.39. The number of piperidine rings is 2. The number of aromatic nitrogens is 2. The molecule has 0 saturated carbocycles. The number of halogens is 3. The van der Waals surface area contributed by atoms with Gasteiger partial charge in [0.2, 0.25) is 12.4 Å². The zero-order chi connectivity index (χ0) is 36.5. The first-order chi connectivity index (χ1) is 24.8. The highest BCUT2D eigenvalue weighted by Crippen LogP contribution is 2.38. The molecular formula is C39H46F3N7OS. The third kappa shape index (κ3) is 8.74. The van der Waals surface area contributed by atoms with Crippen molar-refractivity contribution in [2.75, 3.05) is 48.3 Å². The molecular weight excluding hydrogens is 672 g/mol. The second-order valence-corrected chi connectivity index (χ2v) is 13.0. The van der Waals surface area contributed by atoms with E-state index in [4.69, 9.17) is 22.2 Å². The summed E-state index contributed by atoms with van der Waals surface area (Å²) >= 11 is 5.74. The Morgan fingerprint density at radius 1 is 0.941 bits per heavy atom. The Balaban J connectivity index is 0.00000248. The molecule has 8 nitrogen and oxygen atoms in total. The summed E-state index contributed by atoms with van der Waals surface area (Å²) in [6, 6.07) is 15.6. The van der Waals surface area contributed by atoms with Crippen molar-refractivity contribution in [3.05, 3.63) is 94.8 Å². The van der Waals surface area contributed by atoms with Crippen LogP contribution < -0.4 is 20.4 Å². The van der Waals surface area contributed by atoms with Gasteiger partial charge >= 0.3 is 0 Å². The van der Waals surface area contributed by atoms with Gasteiger partial charge in [-0.05, 0) is 101 Å². The number of para-hydroxylation sites is 1. The van der Waals surface area contributed by atoms with Gasteiger partial charge in [-0.2, -0.15) is 4.98 Å². The number of amides is 1. The highest BCUT2D eigenvalue weighted by molar-refractivity contribution is 7.81. The maximum Gasteiger partial charge on any atom is 0.227 e. The van der Waals surface area contributed by atoms with Crippen molar-refractivity contribution in [2.45, 2.75) is 65.5 Å². The van der Waals surface area contributed by atoms with Gasteiger partial charge in [-0.3, -0.25) is 9.69 Å². The van der Waals surface area contributed by atoms with Crippen molar-refractivity contribution in [1.29, 1.82) is 0 Å². The van der Waals surface area contributed by atoms with Crippen LogP contribution in [0.5, 0.6) is 0 Å². The van der Waals surface area contributed by atoms with E-state index in [1.54, 1.807) is 19.2 Å². The van der Waals surface area contributed by atoms with E-state index in [2.05, 4.69) is 20.4 Å². The minimum Gasteiger partial charge on any atom is -0.346 e. The zero-order valence-corrected chi connectivity index (χ0v) is 30.5. The number of nitrogens with zero attached hydrogens (tertiary/aromatic N) is 5. The van der Waals surface area contributed by atoms with Crippen LogP contribution in [0.15, 0.2) is 60.7 Å². The van der Waals surface area contributed by atoms with Gasteiger partial charge in [0.25, 0.3) is 0 Å². The Kier molecular flexibility index (Phi) is 13.1. The number of carbonyl (C=O) groups excluding carboxylic acids is 1. The van der Waals surface area contributed by atoms with E-state index in [9.17, 15) is 9.18 Å². The second-order valence-electron chi connectivity index (χ2n) is 12.6. The Bertz CT molecular complexity index is 1790. The smallest absolute Gasteiger partial charge is 0.227 e. The summed E-state index contributed by atoms with van der Waals surface area (Å²) < 4.78 is 44.0. The van der Waals surface area contributed by atoms with Crippen molar-refractivity contribution < 1.29 is 18.0 Å². The molecule has 6 rings (SSSR count). The third-order valence-electron chi connectivity index (χ3n) is 9.35. The topological polar surface area (TPSA) is 76.6 Å². The van der Waals surface area contributed by atoms with Gasteiger partial charge in [0, 0.05) is 48.1 Å². The van der Waals surface area contributed by atoms with Crippen LogP contribution in [0.25, 0.3) is 11.3 Å². The average molecular weight is 718 g/mol. The van der Waals surface area contributed by atoms with Gasteiger partial charge in [0.15, 0.2) is 5.82 Å². The molecule has 0 bridgehead atoms. The van der Waals surface area contributed by atoms with E-state index in [-0.39, 0.29) is 18.2 Å². The molecule has 4 aromatic rings. The summed E-state index contributed by atoms with van der Waals surface area (Å²) in [4.78, 5) is 28.8. The van der Waals surface area contributed by atoms with Crippen LogP contribution in [0.4, 0.5) is 36.3 Å². The van der Waals surface area contributed by atoms with Gasteiger partial charge < -0.3 is 20.4 Å². The van der Waals surface area contributed by atoms with Crippen LogP contribution in [0.1, 0.15) is 62.6 Å². The lowest BCUT2D eigenvalue weighted by molar-refractivity contribution is -0.106. The Morgan fingerprint density at radius 3 is 2.24 bits per heavy atom. The van der Waals surface area contributed by atoms with Gasteiger partial charge in [-0.1, -0.05) is 50.7 Å². The van der Waals surface area contributed by atoms with Crippen LogP contribution in [0, 0.1) is 24.4 Å². The minimum atomic E-state index is -0.887. The van der Waals surface area contributed by atoms with E-state index in [0.29, 0.717) is 59.0 Å². The van der Waals surface area contributed by atoms with Crippen molar-refractivity contribution in [1.82, 2.24) is 20.2 Å². The monoisotopic (exact) mass is 717 g/mol. The fourth-order valence-corrected chi connectivity index (χ4v) is 7.01. The normalized spacial score (nSPS) is 15.2. The first-order valence-electron chi connectivity index (χ1n) is 17.7. The molecule has 0 spiro atoms. The first kappa shape index (κ1) is 37.9. The molecule has 0 unspecified atom stereocenters. The maximum absolute atomic E-state index is 15.2. The van der Waals surface area contributed by atoms with E-state index < -0.39 is 17.3 Å². The highest BCUT2D eigenvalue weighted by atomic mass is 32.1. The Labute approximate surface area is 304 Å². The fraction of sp³-hybridized carbons (Fsp3) is 0.385. The lowest BCUT2D eigenvalue weighted by atomic mass is 9.98. The van der Waals surface area contributed by atoms with Crippen LogP contribution in [0.3, 0.4) is 0 Å². The summed E-state index contributed by atoms with van der Waals surface area (Å²) in [5.41, 5.74) is 3.41. The molecule has 2 N–H and O–H groups in total. The molecule has 270 valence electrons. The number of thiocarbonyl (C=S) groups is 1. The van der Waals surface area contributed by atoms with Crippen LogP contribution >= 0.6 is 12.2 Å². The third-order valence-corrected chi connectivity index (χ3v) is 9.69. The van der Waals surface area contributed by atoms with Crippen LogP contribution in [-0.2, 0) is 11.3 Å². The number of benzene rings is 3. The summed E-state index contributed by atoms with van der Waals surface area (Å²) in [6.45, 7) is 9.77. The lowest BCUT2D eigenvalue weighted by Gasteiger charge is -2.40. The summed E-state index contributed by atoms with van der Waals surface area (Å²) in [7, 11) is 1.74. The molecule has 2 saturated heterocycles. The quantitative estimate of drug-likeness (QED) is 0.126. The van der Waals surface area contributed by atoms with Crippen molar-refractivity contribution in [3.63, 3.8) is 0 Å². The number of likely N-dealkylation sites (tertiary alicyclic amines) is 1. The number of aryl methyl sites for hydroxylation is 1. The SMILES string of the molecule is CC.CNCc1c(-c2cc(C(=S)Nc3ccc(F)cc3)ccc2C)nc(N2CCC(N3CCCCC3)CC2)nc1N(C=O)c1c(F)cccc1F. The number of rotatable bonds is 10. The van der Waals surface area contributed by atoms with Crippen LogP contribution in [-0.4, -0.2) is 65.5 Å². The number of carbonyl (C=O) groups is 1. The maximum atomic E-state index is 15.2. The predicted octanol–water partition coefficient (Wildman–Crippen LogP) is 8.15. The van der Waals surface area contributed by atoms with E-state index in [1.807, 2.05) is 39.0 Å². The van der Waals surface area contributed by atoms with Crippen molar-refractivity contribution >= 4 is 46.8 Å². The first-order valence-corrected chi connectivity index (χ1v) is 18.1. The number of nitrogens with one attached hydrogen (secondary N) is 2. The number of anilines is 4. The van der Waals surface area contributed by atoms with E-state index >= 15 is 8.78 Å². The summed E-state index contributed by atoms with van der Waals surface area (Å²) in [6.07, 6.45) is 5.98. The molecule has 51 heavy (non-hydrogen) atoms. The molecule has 0 radical (unpaired) electrons. The van der Waals surface area contributed by atoms with E-state index in [0.717, 1.165) is 54.1 Å². The van der Waals surface area contributed by atoms with Crippen LogP contribution in [0.2, 0.25) is 0 Å². The second kappa shape index (κ2) is 17.7.